The van der Waals surface area contributed by atoms with Crippen LogP contribution in [0.5, 0.6) is 0 Å². The molecule has 1 aliphatic heterocycles. The number of anilines is 1. The van der Waals surface area contributed by atoms with E-state index in [9.17, 15) is 9.59 Å². The fourth-order valence-electron chi connectivity index (χ4n) is 3.57. The Kier molecular flexibility index (Phi) is 4.84. The van der Waals surface area contributed by atoms with E-state index in [1.54, 1.807) is 4.90 Å². The maximum absolute atomic E-state index is 12.4. The van der Waals surface area contributed by atoms with E-state index < -0.39 is 0 Å². The van der Waals surface area contributed by atoms with Crippen molar-refractivity contribution in [2.45, 2.75) is 50.6 Å². The van der Waals surface area contributed by atoms with Gasteiger partial charge in [0.15, 0.2) is 0 Å². The van der Waals surface area contributed by atoms with E-state index in [0.717, 1.165) is 18.5 Å². The summed E-state index contributed by atoms with van der Waals surface area (Å²) in [6, 6.07) is 9.81. The van der Waals surface area contributed by atoms with E-state index in [0.29, 0.717) is 19.0 Å². The molecule has 0 bridgehead atoms. The van der Waals surface area contributed by atoms with E-state index in [2.05, 4.69) is 5.32 Å². The van der Waals surface area contributed by atoms with Crippen LogP contribution >= 0.6 is 0 Å². The number of amides is 3. The average Bonchev–Trinajstić information content (AvgIpc) is 2.96. The van der Waals surface area contributed by atoms with Crippen LogP contribution in [0.4, 0.5) is 10.5 Å². The maximum atomic E-state index is 12.4. The Morgan fingerprint density at radius 3 is 2.57 bits per heavy atom. The van der Waals surface area contributed by atoms with Crippen molar-refractivity contribution in [3.63, 3.8) is 0 Å². The first-order valence-corrected chi connectivity index (χ1v) is 8.54. The minimum absolute atomic E-state index is 0.0513. The lowest BCUT2D eigenvalue weighted by Gasteiger charge is -2.32. The standard InChI is InChI=1S/C18H25N3O2/c1-20(15-8-4-2-5-9-15)18(23)19-14-12-17(22)21(13-14)16-10-6-3-7-11-16/h3,6-7,10-11,14-15H,2,4-5,8-9,12-13H2,1H3,(H,19,23)/t14-/m1/s1. The molecular formula is C18H25N3O2. The van der Waals surface area contributed by atoms with Gasteiger partial charge in [-0.25, -0.2) is 4.79 Å². The van der Waals surface area contributed by atoms with Gasteiger partial charge in [0.1, 0.15) is 0 Å². The highest BCUT2D eigenvalue weighted by molar-refractivity contribution is 5.96. The predicted octanol–water partition coefficient (Wildman–Crippen LogP) is 2.77. The van der Waals surface area contributed by atoms with Crippen LogP contribution < -0.4 is 10.2 Å². The van der Waals surface area contributed by atoms with Crippen molar-refractivity contribution >= 4 is 17.6 Å². The first kappa shape index (κ1) is 15.8. The molecule has 1 aromatic carbocycles. The molecule has 5 heteroatoms. The molecule has 3 rings (SSSR count). The number of urea groups is 1. The van der Waals surface area contributed by atoms with Crippen molar-refractivity contribution in [2.24, 2.45) is 0 Å². The second-order valence-corrected chi connectivity index (χ2v) is 6.59. The third-order valence-corrected chi connectivity index (χ3v) is 4.96. The summed E-state index contributed by atoms with van der Waals surface area (Å²) in [4.78, 5) is 28.2. The SMILES string of the molecule is CN(C(=O)N[C@@H]1CC(=O)N(c2ccccc2)C1)C1CCCCC1. The minimum Gasteiger partial charge on any atom is -0.333 e. The van der Waals surface area contributed by atoms with Gasteiger partial charge in [-0.05, 0) is 25.0 Å². The Bertz CT molecular complexity index is 555. The van der Waals surface area contributed by atoms with Crippen LogP contribution in [0.1, 0.15) is 38.5 Å². The predicted molar refractivity (Wildman–Crippen MR) is 90.4 cm³/mol. The monoisotopic (exact) mass is 315 g/mol. The molecule has 3 amide bonds. The summed E-state index contributed by atoms with van der Waals surface area (Å²) >= 11 is 0. The van der Waals surface area contributed by atoms with Gasteiger partial charge in [-0.1, -0.05) is 37.5 Å². The van der Waals surface area contributed by atoms with Gasteiger partial charge in [-0.15, -0.1) is 0 Å². The number of benzene rings is 1. The molecule has 1 saturated heterocycles. The van der Waals surface area contributed by atoms with Gasteiger partial charge in [-0.3, -0.25) is 4.79 Å². The largest absolute Gasteiger partial charge is 0.333 e. The van der Waals surface area contributed by atoms with E-state index in [1.807, 2.05) is 42.3 Å². The summed E-state index contributed by atoms with van der Waals surface area (Å²) in [5.74, 6) is 0.0711. The number of hydrogen-bond acceptors (Lipinski definition) is 2. The first-order chi connectivity index (χ1) is 11.1. The Hall–Kier alpha value is -2.04. The van der Waals surface area contributed by atoms with Crippen LogP contribution in [0, 0.1) is 0 Å². The van der Waals surface area contributed by atoms with Crippen molar-refractivity contribution < 1.29 is 9.59 Å². The molecule has 1 aromatic rings. The fourth-order valence-corrected chi connectivity index (χ4v) is 3.57. The zero-order valence-corrected chi connectivity index (χ0v) is 13.7. The highest BCUT2D eigenvalue weighted by Gasteiger charge is 2.33. The second kappa shape index (κ2) is 7.02. The minimum atomic E-state index is -0.110. The summed E-state index contributed by atoms with van der Waals surface area (Å²) in [6.07, 6.45) is 6.22. The topological polar surface area (TPSA) is 52.7 Å². The summed E-state index contributed by atoms with van der Waals surface area (Å²) in [6.45, 7) is 0.549. The molecule has 0 unspecified atom stereocenters. The zero-order chi connectivity index (χ0) is 16.2. The van der Waals surface area contributed by atoms with Crippen LogP contribution in [0.2, 0.25) is 0 Å². The highest BCUT2D eigenvalue weighted by Crippen LogP contribution is 2.23. The molecule has 2 aliphatic rings. The van der Waals surface area contributed by atoms with Gasteiger partial charge in [0.2, 0.25) is 5.91 Å². The number of nitrogens with zero attached hydrogens (tertiary/aromatic N) is 2. The summed E-state index contributed by atoms with van der Waals surface area (Å²) in [7, 11) is 1.87. The van der Waals surface area contributed by atoms with Crippen molar-refractivity contribution in [1.82, 2.24) is 10.2 Å². The molecule has 0 aromatic heterocycles. The third kappa shape index (κ3) is 3.66. The molecule has 1 saturated carbocycles. The lowest BCUT2D eigenvalue weighted by Crippen LogP contribution is -2.48. The van der Waals surface area contributed by atoms with Gasteiger partial charge in [0, 0.05) is 31.7 Å². The van der Waals surface area contributed by atoms with E-state index >= 15 is 0 Å². The van der Waals surface area contributed by atoms with Crippen LogP contribution in [0.3, 0.4) is 0 Å². The number of para-hydroxylation sites is 1. The van der Waals surface area contributed by atoms with Crippen molar-refractivity contribution in [3.8, 4) is 0 Å². The Morgan fingerprint density at radius 1 is 1.17 bits per heavy atom. The number of carbonyl (C=O) groups excluding carboxylic acids is 2. The molecule has 1 N–H and O–H groups in total. The lowest BCUT2D eigenvalue weighted by atomic mass is 9.95. The molecule has 23 heavy (non-hydrogen) atoms. The fraction of sp³-hybridized carbons (Fsp3) is 0.556. The molecule has 0 radical (unpaired) electrons. The van der Waals surface area contributed by atoms with Crippen LogP contribution in [-0.2, 0) is 4.79 Å². The van der Waals surface area contributed by atoms with Crippen molar-refractivity contribution in [3.05, 3.63) is 30.3 Å². The molecule has 1 atom stereocenters. The number of hydrogen-bond donors (Lipinski definition) is 1. The Morgan fingerprint density at radius 2 is 1.87 bits per heavy atom. The maximum Gasteiger partial charge on any atom is 0.317 e. The molecular weight excluding hydrogens is 290 g/mol. The van der Waals surface area contributed by atoms with E-state index in [-0.39, 0.29) is 18.0 Å². The quantitative estimate of drug-likeness (QED) is 0.932. The van der Waals surface area contributed by atoms with Gasteiger partial charge in [-0.2, -0.15) is 0 Å². The molecule has 2 fully saturated rings. The van der Waals surface area contributed by atoms with Gasteiger partial charge in [0.05, 0.1) is 6.04 Å². The number of nitrogens with one attached hydrogen (secondary N) is 1. The summed E-state index contributed by atoms with van der Waals surface area (Å²) in [5.41, 5.74) is 0.898. The van der Waals surface area contributed by atoms with Crippen molar-refractivity contribution in [1.29, 1.82) is 0 Å². The summed E-state index contributed by atoms with van der Waals surface area (Å²) < 4.78 is 0. The Balaban J connectivity index is 1.56. The van der Waals surface area contributed by atoms with Crippen LogP contribution in [0.15, 0.2) is 30.3 Å². The third-order valence-electron chi connectivity index (χ3n) is 4.96. The zero-order valence-electron chi connectivity index (χ0n) is 13.7. The van der Waals surface area contributed by atoms with Crippen LogP contribution in [-0.4, -0.2) is 42.5 Å². The normalized spacial score (nSPS) is 22.2. The Labute approximate surface area is 137 Å². The molecule has 1 aliphatic carbocycles. The van der Waals surface area contributed by atoms with Crippen molar-refractivity contribution in [2.75, 3.05) is 18.5 Å². The van der Waals surface area contributed by atoms with Gasteiger partial charge < -0.3 is 15.1 Å². The second-order valence-electron chi connectivity index (χ2n) is 6.59. The molecule has 0 spiro atoms. The van der Waals surface area contributed by atoms with E-state index in [1.165, 1.54) is 19.3 Å². The lowest BCUT2D eigenvalue weighted by molar-refractivity contribution is -0.117. The molecule has 5 nitrogen and oxygen atoms in total. The smallest absolute Gasteiger partial charge is 0.317 e. The molecule has 1 heterocycles. The van der Waals surface area contributed by atoms with Gasteiger partial charge in [0.25, 0.3) is 0 Å². The van der Waals surface area contributed by atoms with Gasteiger partial charge >= 0.3 is 6.03 Å². The average molecular weight is 315 g/mol. The number of carbonyl (C=O) groups is 2. The van der Waals surface area contributed by atoms with E-state index in [4.69, 9.17) is 0 Å². The molecule has 124 valence electrons. The van der Waals surface area contributed by atoms with Crippen LogP contribution in [0.25, 0.3) is 0 Å². The highest BCUT2D eigenvalue weighted by atomic mass is 16.2. The summed E-state index contributed by atoms with van der Waals surface area (Å²) in [5, 5.41) is 3.03. The number of rotatable bonds is 3. The first-order valence-electron chi connectivity index (χ1n) is 8.54.